The molecular weight excluding hydrogens is 342 g/mol. The van der Waals surface area contributed by atoms with Crippen LogP contribution in [0.3, 0.4) is 0 Å². The van der Waals surface area contributed by atoms with Crippen molar-refractivity contribution in [1.82, 2.24) is 4.98 Å². The van der Waals surface area contributed by atoms with Gasteiger partial charge in [-0.05, 0) is 85.1 Å². The minimum atomic E-state index is -0.0263. The van der Waals surface area contributed by atoms with Gasteiger partial charge in [-0.1, -0.05) is 39.3 Å². The number of pyridine rings is 1. The van der Waals surface area contributed by atoms with E-state index in [0.717, 1.165) is 18.1 Å². The third-order valence-electron chi connectivity index (χ3n) is 8.56. The lowest BCUT2D eigenvalue weighted by molar-refractivity contribution is -0.162. The second-order valence-electron chi connectivity index (χ2n) is 10.7. The molecule has 1 aliphatic heterocycles. The minimum Gasteiger partial charge on any atom is -0.487 e. The van der Waals surface area contributed by atoms with Gasteiger partial charge in [0.05, 0.1) is 0 Å². The van der Waals surface area contributed by atoms with E-state index in [2.05, 4.69) is 56.9 Å². The fourth-order valence-electron chi connectivity index (χ4n) is 7.20. The lowest BCUT2D eigenvalue weighted by Gasteiger charge is -2.63. The van der Waals surface area contributed by atoms with Gasteiger partial charge in [0.25, 0.3) is 0 Å². The maximum Gasteiger partial charge on any atom is 0.123 e. The first-order valence-electron chi connectivity index (χ1n) is 11.0. The first kappa shape index (κ1) is 18.2. The summed E-state index contributed by atoms with van der Waals surface area (Å²) in [5.41, 5.74) is 4.62. The van der Waals surface area contributed by atoms with Crippen LogP contribution in [0.2, 0.25) is 0 Å². The minimum absolute atomic E-state index is 0.0263. The van der Waals surface area contributed by atoms with Crippen molar-refractivity contribution >= 4 is 0 Å². The molecule has 28 heavy (non-hydrogen) atoms. The Hall–Kier alpha value is -1.83. The van der Waals surface area contributed by atoms with Gasteiger partial charge in [-0.3, -0.25) is 4.98 Å². The first-order valence-corrected chi connectivity index (χ1v) is 11.0. The standard InChI is InChI=1S/C26H33NO/c1-24(2)11-6-12-25(3)22(24)10-13-26(4)23(25)16-20-15-18(8-9-21(20)28-26)19-7-5-14-27-17-19/h5,7-9,14-15,17,22-23H,6,10-13,16H2,1-4H3/t22?,23-,25+,26-/m1/s1. The number of aromatic nitrogens is 1. The first-order chi connectivity index (χ1) is 13.3. The Morgan fingerprint density at radius 2 is 1.82 bits per heavy atom. The Balaban J connectivity index is 1.55. The summed E-state index contributed by atoms with van der Waals surface area (Å²) >= 11 is 0. The average Bonchev–Trinajstić information content (AvgIpc) is 2.66. The summed E-state index contributed by atoms with van der Waals surface area (Å²) in [6.45, 7) is 9.99. The molecule has 0 bridgehead atoms. The molecule has 2 aromatic rings. The van der Waals surface area contributed by atoms with Crippen LogP contribution in [-0.2, 0) is 6.42 Å². The highest BCUT2D eigenvalue weighted by Crippen LogP contribution is 2.64. The van der Waals surface area contributed by atoms with Crippen LogP contribution < -0.4 is 4.74 Å². The normalized spacial score (nSPS) is 35.9. The fourth-order valence-corrected chi connectivity index (χ4v) is 7.20. The largest absolute Gasteiger partial charge is 0.487 e. The van der Waals surface area contributed by atoms with Crippen LogP contribution in [0.15, 0.2) is 42.7 Å². The zero-order chi connectivity index (χ0) is 19.6. The van der Waals surface area contributed by atoms with Crippen LogP contribution in [-0.4, -0.2) is 10.6 Å². The maximum absolute atomic E-state index is 6.78. The summed E-state index contributed by atoms with van der Waals surface area (Å²) in [4.78, 5) is 4.30. The topological polar surface area (TPSA) is 22.1 Å². The number of ether oxygens (including phenoxy) is 1. The van der Waals surface area contributed by atoms with E-state index < -0.39 is 0 Å². The van der Waals surface area contributed by atoms with Gasteiger partial charge in [0.15, 0.2) is 0 Å². The fraction of sp³-hybridized carbons (Fsp3) is 0.577. The van der Waals surface area contributed by atoms with Gasteiger partial charge in [0.1, 0.15) is 11.4 Å². The van der Waals surface area contributed by atoms with Crippen LogP contribution in [0.5, 0.6) is 5.75 Å². The molecule has 0 saturated heterocycles. The molecular formula is C26H33NO. The van der Waals surface area contributed by atoms with Crippen molar-refractivity contribution in [3.63, 3.8) is 0 Å². The quantitative estimate of drug-likeness (QED) is 0.554. The molecule has 2 fully saturated rings. The Morgan fingerprint density at radius 1 is 0.964 bits per heavy atom. The molecule has 3 aliphatic rings. The smallest absolute Gasteiger partial charge is 0.123 e. The summed E-state index contributed by atoms with van der Waals surface area (Å²) in [6, 6.07) is 10.9. The van der Waals surface area contributed by atoms with Crippen molar-refractivity contribution in [1.29, 1.82) is 0 Å². The van der Waals surface area contributed by atoms with E-state index in [4.69, 9.17) is 4.74 Å². The van der Waals surface area contributed by atoms with Crippen LogP contribution >= 0.6 is 0 Å². The second-order valence-corrected chi connectivity index (χ2v) is 10.7. The van der Waals surface area contributed by atoms with Crippen molar-refractivity contribution in [2.75, 3.05) is 0 Å². The number of hydrogen-bond acceptors (Lipinski definition) is 2. The molecule has 4 atom stereocenters. The highest BCUT2D eigenvalue weighted by molar-refractivity contribution is 5.65. The van der Waals surface area contributed by atoms with Gasteiger partial charge in [0.2, 0.25) is 0 Å². The highest BCUT2D eigenvalue weighted by atomic mass is 16.5. The third kappa shape index (κ3) is 2.64. The van der Waals surface area contributed by atoms with Crippen molar-refractivity contribution < 1.29 is 4.74 Å². The molecule has 2 nitrogen and oxygen atoms in total. The number of nitrogens with zero attached hydrogens (tertiary/aromatic N) is 1. The Morgan fingerprint density at radius 3 is 2.61 bits per heavy atom. The molecule has 0 N–H and O–H groups in total. The lowest BCUT2D eigenvalue weighted by Crippen LogP contribution is -2.61. The molecule has 2 saturated carbocycles. The number of benzene rings is 1. The lowest BCUT2D eigenvalue weighted by atomic mass is 9.44. The van der Waals surface area contributed by atoms with E-state index >= 15 is 0 Å². The number of rotatable bonds is 1. The van der Waals surface area contributed by atoms with Crippen molar-refractivity contribution in [3.8, 4) is 16.9 Å². The molecule has 0 amide bonds. The van der Waals surface area contributed by atoms with E-state index in [1.54, 1.807) is 0 Å². The Kier molecular flexibility index (Phi) is 3.96. The van der Waals surface area contributed by atoms with E-state index in [9.17, 15) is 0 Å². The van der Waals surface area contributed by atoms with Gasteiger partial charge in [-0.15, -0.1) is 0 Å². The van der Waals surface area contributed by atoms with E-state index in [1.165, 1.54) is 48.8 Å². The summed E-state index contributed by atoms with van der Waals surface area (Å²) in [6.07, 6.45) is 11.5. The van der Waals surface area contributed by atoms with Gasteiger partial charge in [-0.25, -0.2) is 0 Å². The molecule has 2 heterocycles. The van der Waals surface area contributed by atoms with E-state index in [0.29, 0.717) is 16.7 Å². The zero-order valence-electron chi connectivity index (χ0n) is 17.8. The van der Waals surface area contributed by atoms with Crippen LogP contribution in [0.4, 0.5) is 0 Å². The molecule has 1 aromatic carbocycles. The Bertz CT molecular complexity index is 889. The third-order valence-corrected chi connectivity index (χ3v) is 8.56. The Labute approximate surface area is 169 Å². The van der Waals surface area contributed by atoms with Crippen molar-refractivity contribution in [2.45, 2.75) is 71.8 Å². The van der Waals surface area contributed by atoms with Gasteiger partial charge >= 0.3 is 0 Å². The van der Waals surface area contributed by atoms with Gasteiger partial charge in [-0.2, -0.15) is 0 Å². The van der Waals surface area contributed by atoms with Crippen LogP contribution in [0.1, 0.15) is 65.4 Å². The van der Waals surface area contributed by atoms with Crippen molar-refractivity contribution in [3.05, 3.63) is 48.3 Å². The predicted molar refractivity (Wildman–Crippen MR) is 114 cm³/mol. The van der Waals surface area contributed by atoms with Crippen LogP contribution in [0, 0.1) is 22.7 Å². The molecule has 1 aromatic heterocycles. The SMILES string of the molecule is CC1(C)CCC[C@@]2(C)C1CC[C@@]1(C)Oc3ccc(-c4cccnc4)cc3C[C@@H]12. The van der Waals surface area contributed by atoms with E-state index in [-0.39, 0.29) is 5.60 Å². The van der Waals surface area contributed by atoms with Crippen LogP contribution in [0.25, 0.3) is 11.1 Å². The predicted octanol–water partition coefficient (Wildman–Crippen LogP) is 6.68. The monoisotopic (exact) mass is 375 g/mol. The zero-order valence-corrected chi connectivity index (χ0v) is 17.8. The molecule has 0 spiro atoms. The molecule has 2 aliphatic carbocycles. The van der Waals surface area contributed by atoms with E-state index in [1.807, 2.05) is 18.5 Å². The molecule has 1 unspecified atom stereocenters. The summed E-state index contributed by atoms with van der Waals surface area (Å²) in [5.74, 6) is 2.50. The number of fused-ring (bicyclic) bond motifs is 4. The molecule has 5 rings (SSSR count). The van der Waals surface area contributed by atoms with Gasteiger partial charge < -0.3 is 4.74 Å². The summed E-state index contributed by atoms with van der Waals surface area (Å²) < 4.78 is 6.78. The highest BCUT2D eigenvalue weighted by Gasteiger charge is 2.60. The molecule has 148 valence electrons. The number of hydrogen-bond donors (Lipinski definition) is 0. The summed E-state index contributed by atoms with van der Waals surface area (Å²) in [5, 5.41) is 0. The average molecular weight is 376 g/mol. The molecule has 2 heteroatoms. The molecule has 0 radical (unpaired) electrons. The van der Waals surface area contributed by atoms with Gasteiger partial charge in [0, 0.05) is 23.9 Å². The van der Waals surface area contributed by atoms with Crippen molar-refractivity contribution in [2.24, 2.45) is 22.7 Å². The second kappa shape index (κ2) is 6.08. The maximum atomic E-state index is 6.78. The summed E-state index contributed by atoms with van der Waals surface area (Å²) in [7, 11) is 0.